The molecule has 0 amide bonds. The van der Waals surface area contributed by atoms with E-state index < -0.39 is 12.1 Å². The number of rotatable bonds is 13. The van der Waals surface area contributed by atoms with Gasteiger partial charge < -0.3 is 9.84 Å². The van der Waals surface area contributed by atoms with Crippen molar-refractivity contribution in [3.05, 3.63) is 24.3 Å². The Morgan fingerprint density at radius 3 is 2.70 bits per heavy atom. The average molecular weight is 379 g/mol. The van der Waals surface area contributed by atoms with Crippen molar-refractivity contribution in [2.45, 2.75) is 84.2 Å². The Balaban J connectivity index is 2.41. The Morgan fingerprint density at radius 1 is 1.26 bits per heavy atom. The Bertz CT molecular complexity index is 495. The zero-order chi connectivity index (χ0) is 20.1. The molecule has 154 valence electrons. The molecule has 4 atom stereocenters. The summed E-state index contributed by atoms with van der Waals surface area (Å²) in [5.74, 6) is 0.967. The fraction of sp³-hybridized carbons (Fsp3) is 0.739. The number of esters is 1. The lowest BCUT2D eigenvalue weighted by Crippen LogP contribution is -2.21. The second kappa shape index (κ2) is 13.7. The number of carbonyl (C=O) groups excluding carboxylic acids is 2. The topological polar surface area (TPSA) is 63.6 Å². The molecule has 0 saturated heterocycles. The van der Waals surface area contributed by atoms with E-state index in [1.54, 1.807) is 0 Å². The first kappa shape index (κ1) is 23.6. The Hall–Kier alpha value is -1.42. The highest BCUT2D eigenvalue weighted by Gasteiger charge is 2.31. The molecule has 0 aliphatic heterocycles. The fourth-order valence-electron chi connectivity index (χ4n) is 3.77. The minimum Gasteiger partial charge on any atom is -0.467 e. The molecule has 0 aromatic heterocycles. The van der Waals surface area contributed by atoms with Gasteiger partial charge in [0, 0.05) is 12.3 Å². The largest absolute Gasteiger partial charge is 0.467 e. The molecule has 1 aliphatic rings. The number of allylic oxidation sites excluding steroid dienone is 4. The van der Waals surface area contributed by atoms with Crippen LogP contribution in [0.3, 0.4) is 0 Å². The van der Waals surface area contributed by atoms with E-state index in [1.807, 2.05) is 12.2 Å². The molecule has 27 heavy (non-hydrogen) atoms. The summed E-state index contributed by atoms with van der Waals surface area (Å²) in [4.78, 5) is 23.4. The van der Waals surface area contributed by atoms with Gasteiger partial charge in [-0.1, -0.05) is 63.8 Å². The van der Waals surface area contributed by atoms with Gasteiger partial charge in [0.1, 0.15) is 5.78 Å². The SMILES string of the molecule is CCCCC(CC)CC=C[C@H]1CCC(=O)[C@@H]1CC=CCCC(O)C(=O)OC. The normalized spacial score (nSPS) is 22.6. The van der Waals surface area contributed by atoms with E-state index in [4.69, 9.17) is 0 Å². The molecule has 1 aliphatic carbocycles. The summed E-state index contributed by atoms with van der Waals surface area (Å²) in [6.45, 7) is 4.50. The van der Waals surface area contributed by atoms with Crippen molar-refractivity contribution in [1.29, 1.82) is 0 Å². The van der Waals surface area contributed by atoms with Crippen molar-refractivity contribution in [3.63, 3.8) is 0 Å². The number of Topliss-reactive ketones (excluding diaryl/α,β-unsaturated/α-hetero) is 1. The van der Waals surface area contributed by atoms with Crippen LogP contribution >= 0.6 is 0 Å². The number of carbonyl (C=O) groups is 2. The minimum atomic E-state index is -1.07. The summed E-state index contributed by atoms with van der Waals surface area (Å²) in [7, 11) is 1.27. The second-order valence-electron chi connectivity index (χ2n) is 7.68. The van der Waals surface area contributed by atoms with Gasteiger partial charge in [-0.3, -0.25) is 4.79 Å². The number of ether oxygens (including phenoxy) is 1. The lowest BCUT2D eigenvalue weighted by Gasteiger charge is -2.14. The van der Waals surface area contributed by atoms with Crippen LogP contribution in [0.15, 0.2) is 24.3 Å². The number of hydrogen-bond donors (Lipinski definition) is 1. The minimum absolute atomic E-state index is 0.0822. The molecular weight excluding hydrogens is 340 g/mol. The van der Waals surface area contributed by atoms with Crippen LogP contribution < -0.4 is 0 Å². The molecule has 4 nitrogen and oxygen atoms in total. The quantitative estimate of drug-likeness (QED) is 0.362. The second-order valence-corrected chi connectivity index (χ2v) is 7.68. The summed E-state index contributed by atoms with van der Waals surface area (Å²) in [6.07, 6.45) is 17.0. The van der Waals surface area contributed by atoms with Crippen molar-refractivity contribution >= 4 is 11.8 Å². The molecule has 1 rings (SSSR count). The molecule has 0 aromatic carbocycles. The van der Waals surface area contributed by atoms with Crippen LogP contribution in [0.25, 0.3) is 0 Å². The van der Waals surface area contributed by atoms with Gasteiger partial charge in [-0.2, -0.15) is 0 Å². The maximum Gasteiger partial charge on any atom is 0.334 e. The summed E-state index contributed by atoms with van der Waals surface area (Å²) in [6, 6.07) is 0. The van der Waals surface area contributed by atoms with Gasteiger partial charge in [-0.25, -0.2) is 4.79 Å². The lowest BCUT2D eigenvalue weighted by atomic mass is 9.90. The maximum atomic E-state index is 12.2. The van der Waals surface area contributed by atoms with E-state index in [2.05, 4.69) is 30.7 Å². The molecule has 2 unspecified atom stereocenters. The number of unbranched alkanes of at least 4 members (excludes halogenated alkanes) is 1. The van der Waals surface area contributed by atoms with Crippen LogP contribution in [0.2, 0.25) is 0 Å². The number of ketones is 1. The Labute approximate surface area is 165 Å². The van der Waals surface area contributed by atoms with E-state index in [1.165, 1.54) is 32.8 Å². The summed E-state index contributed by atoms with van der Waals surface area (Å²) in [5.41, 5.74) is 0. The molecule has 0 bridgehead atoms. The van der Waals surface area contributed by atoms with E-state index in [9.17, 15) is 14.7 Å². The van der Waals surface area contributed by atoms with Gasteiger partial charge >= 0.3 is 5.97 Å². The van der Waals surface area contributed by atoms with Gasteiger partial charge in [-0.05, 0) is 43.9 Å². The van der Waals surface area contributed by atoms with Crippen LogP contribution in [0, 0.1) is 17.8 Å². The monoisotopic (exact) mass is 378 g/mol. The first-order valence-electron chi connectivity index (χ1n) is 10.6. The van der Waals surface area contributed by atoms with Gasteiger partial charge in [0.15, 0.2) is 6.10 Å². The highest BCUT2D eigenvalue weighted by molar-refractivity contribution is 5.83. The zero-order valence-electron chi connectivity index (χ0n) is 17.4. The summed E-state index contributed by atoms with van der Waals surface area (Å²) < 4.78 is 4.50. The van der Waals surface area contributed by atoms with Crippen molar-refractivity contribution in [2.75, 3.05) is 7.11 Å². The number of methoxy groups -OCH3 is 1. The molecular formula is C23H38O4. The molecule has 0 spiro atoms. The molecule has 0 radical (unpaired) electrons. The molecule has 0 aromatic rings. The Kier molecular flexibility index (Phi) is 12.0. The van der Waals surface area contributed by atoms with Crippen molar-refractivity contribution < 1.29 is 19.4 Å². The van der Waals surface area contributed by atoms with Gasteiger partial charge in [0.2, 0.25) is 0 Å². The first-order valence-corrected chi connectivity index (χ1v) is 10.6. The number of hydrogen-bond acceptors (Lipinski definition) is 4. The summed E-state index contributed by atoms with van der Waals surface area (Å²) >= 11 is 0. The van der Waals surface area contributed by atoms with E-state index in [0.717, 1.165) is 25.2 Å². The van der Waals surface area contributed by atoms with Crippen LogP contribution in [0.1, 0.15) is 78.1 Å². The summed E-state index contributed by atoms with van der Waals surface area (Å²) in [5, 5.41) is 9.56. The van der Waals surface area contributed by atoms with Crippen LogP contribution in [-0.4, -0.2) is 30.1 Å². The van der Waals surface area contributed by atoms with Gasteiger partial charge in [-0.15, -0.1) is 0 Å². The first-order chi connectivity index (χ1) is 13.0. The molecule has 4 heteroatoms. The highest BCUT2D eigenvalue weighted by Crippen LogP contribution is 2.33. The van der Waals surface area contributed by atoms with Crippen LogP contribution in [0.4, 0.5) is 0 Å². The average Bonchev–Trinajstić information content (AvgIpc) is 3.03. The van der Waals surface area contributed by atoms with E-state index in [-0.39, 0.29) is 5.92 Å². The van der Waals surface area contributed by atoms with Crippen molar-refractivity contribution in [2.24, 2.45) is 17.8 Å². The van der Waals surface area contributed by atoms with E-state index >= 15 is 0 Å². The van der Waals surface area contributed by atoms with E-state index in [0.29, 0.717) is 31.0 Å². The standard InChI is InChI=1S/C23H38O4/c1-4-6-11-18(5-2)12-10-13-19-16-17-21(24)20(19)14-8-7-9-15-22(25)23(26)27-3/h7-8,10,13,18-20,22,25H,4-6,9,11-12,14-17H2,1-3H3/t18?,19-,20+,22?/m0/s1. The smallest absolute Gasteiger partial charge is 0.334 e. The third-order valence-electron chi connectivity index (χ3n) is 5.69. The predicted octanol–water partition coefficient (Wildman–Crippen LogP) is 5.00. The number of aliphatic hydroxyl groups excluding tert-OH is 1. The third kappa shape index (κ3) is 8.87. The van der Waals surface area contributed by atoms with Crippen LogP contribution in [0.5, 0.6) is 0 Å². The van der Waals surface area contributed by atoms with Crippen molar-refractivity contribution in [1.82, 2.24) is 0 Å². The molecule has 1 fully saturated rings. The number of aliphatic hydroxyl groups is 1. The Morgan fingerprint density at radius 2 is 2.04 bits per heavy atom. The van der Waals surface area contributed by atoms with Crippen LogP contribution in [-0.2, 0) is 14.3 Å². The third-order valence-corrected chi connectivity index (χ3v) is 5.69. The molecule has 1 saturated carbocycles. The predicted molar refractivity (Wildman–Crippen MR) is 109 cm³/mol. The lowest BCUT2D eigenvalue weighted by molar-refractivity contribution is -0.150. The maximum absolute atomic E-state index is 12.2. The van der Waals surface area contributed by atoms with Crippen molar-refractivity contribution in [3.8, 4) is 0 Å². The zero-order valence-corrected chi connectivity index (χ0v) is 17.4. The van der Waals surface area contributed by atoms with Gasteiger partial charge in [0.05, 0.1) is 7.11 Å². The van der Waals surface area contributed by atoms with Gasteiger partial charge in [0.25, 0.3) is 0 Å². The molecule has 0 heterocycles. The fourth-order valence-corrected chi connectivity index (χ4v) is 3.77. The molecule has 1 N–H and O–H groups in total. The highest BCUT2D eigenvalue weighted by atomic mass is 16.5.